The Labute approximate surface area is 131 Å². The monoisotopic (exact) mass is 295 g/mol. The highest BCUT2D eigenvalue weighted by Gasteiger charge is 2.29. The molecule has 1 unspecified atom stereocenters. The lowest BCUT2D eigenvalue weighted by Gasteiger charge is -2.24. The van der Waals surface area contributed by atoms with Crippen molar-refractivity contribution in [1.82, 2.24) is 4.90 Å². The van der Waals surface area contributed by atoms with Crippen molar-refractivity contribution in [3.05, 3.63) is 71.8 Å². The minimum Gasteiger partial charge on any atom is -0.481 e. The van der Waals surface area contributed by atoms with Crippen molar-refractivity contribution < 1.29 is 9.90 Å². The highest BCUT2D eigenvalue weighted by atomic mass is 16.4. The zero-order chi connectivity index (χ0) is 15.4. The third kappa shape index (κ3) is 3.37. The fraction of sp³-hybridized carbons (Fsp3) is 0.316. The normalized spacial score (nSPS) is 18.7. The van der Waals surface area contributed by atoms with Crippen LogP contribution in [0.4, 0.5) is 0 Å². The first-order chi connectivity index (χ1) is 10.7. The summed E-state index contributed by atoms with van der Waals surface area (Å²) in [5.74, 6) is -0.597. The van der Waals surface area contributed by atoms with Crippen LogP contribution in [0.1, 0.15) is 23.5 Å². The quantitative estimate of drug-likeness (QED) is 0.920. The lowest BCUT2D eigenvalue weighted by molar-refractivity contribution is -0.141. The van der Waals surface area contributed by atoms with E-state index in [2.05, 4.69) is 53.4 Å². The van der Waals surface area contributed by atoms with Crippen LogP contribution < -0.4 is 0 Å². The Kier molecular flexibility index (Phi) is 4.54. The maximum atomic E-state index is 11.1. The van der Waals surface area contributed by atoms with E-state index in [-0.39, 0.29) is 11.8 Å². The van der Waals surface area contributed by atoms with Gasteiger partial charge in [-0.15, -0.1) is 0 Å². The van der Waals surface area contributed by atoms with Crippen LogP contribution in [0, 0.1) is 5.92 Å². The number of carboxylic acids is 1. The molecule has 2 aromatic rings. The summed E-state index contributed by atoms with van der Waals surface area (Å²) in [5.41, 5.74) is 2.57. The topological polar surface area (TPSA) is 40.5 Å². The highest BCUT2D eigenvalue weighted by molar-refractivity contribution is 5.70. The molecule has 0 aromatic heterocycles. The van der Waals surface area contributed by atoms with Gasteiger partial charge < -0.3 is 10.0 Å². The predicted molar refractivity (Wildman–Crippen MR) is 86.9 cm³/mol. The van der Waals surface area contributed by atoms with Gasteiger partial charge in [-0.1, -0.05) is 60.7 Å². The van der Waals surface area contributed by atoms with Crippen LogP contribution in [0.15, 0.2) is 60.7 Å². The molecule has 0 aliphatic carbocycles. The fourth-order valence-electron chi connectivity index (χ4n) is 3.23. The standard InChI is InChI=1S/C19H21NO2/c21-19(22)17-11-12-20(13-17)14-18(15-7-3-1-4-8-15)16-9-5-2-6-10-16/h1-10,17-18H,11-14H2,(H,21,22). The van der Waals surface area contributed by atoms with Crippen molar-refractivity contribution in [1.29, 1.82) is 0 Å². The summed E-state index contributed by atoms with van der Waals surface area (Å²) < 4.78 is 0. The van der Waals surface area contributed by atoms with Crippen molar-refractivity contribution in [3.63, 3.8) is 0 Å². The smallest absolute Gasteiger partial charge is 0.307 e. The number of hydrogen-bond acceptors (Lipinski definition) is 2. The summed E-state index contributed by atoms with van der Waals surface area (Å²) in [7, 11) is 0. The molecule has 114 valence electrons. The number of rotatable bonds is 5. The first-order valence-electron chi connectivity index (χ1n) is 7.79. The van der Waals surface area contributed by atoms with Gasteiger partial charge >= 0.3 is 5.97 Å². The Balaban J connectivity index is 1.80. The first kappa shape index (κ1) is 14.8. The molecule has 3 nitrogen and oxygen atoms in total. The molecule has 0 saturated carbocycles. The molecule has 0 bridgehead atoms. The van der Waals surface area contributed by atoms with E-state index in [0.29, 0.717) is 6.54 Å². The van der Waals surface area contributed by atoms with E-state index in [1.165, 1.54) is 11.1 Å². The molecule has 1 fully saturated rings. The molecule has 1 N–H and O–H groups in total. The molecular formula is C19H21NO2. The van der Waals surface area contributed by atoms with Crippen molar-refractivity contribution in [2.24, 2.45) is 5.92 Å². The number of likely N-dealkylation sites (tertiary alicyclic amines) is 1. The van der Waals surface area contributed by atoms with E-state index in [9.17, 15) is 9.90 Å². The Morgan fingerprint density at radius 1 is 1.05 bits per heavy atom. The average Bonchev–Trinajstić information content (AvgIpc) is 3.03. The third-order valence-electron chi connectivity index (χ3n) is 4.47. The first-order valence-corrected chi connectivity index (χ1v) is 7.79. The lowest BCUT2D eigenvalue weighted by atomic mass is 9.91. The second-order valence-corrected chi connectivity index (χ2v) is 5.96. The highest BCUT2D eigenvalue weighted by Crippen LogP contribution is 2.28. The van der Waals surface area contributed by atoms with Gasteiger partial charge in [-0.25, -0.2) is 0 Å². The van der Waals surface area contributed by atoms with E-state index >= 15 is 0 Å². The molecule has 1 atom stereocenters. The average molecular weight is 295 g/mol. The van der Waals surface area contributed by atoms with E-state index < -0.39 is 5.97 Å². The van der Waals surface area contributed by atoms with Crippen LogP contribution >= 0.6 is 0 Å². The van der Waals surface area contributed by atoms with E-state index in [1.54, 1.807) is 0 Å². The van der Waals surface area contributed by atoms with Gasteiger partial charge in [0.25, 0.3) is 0 Å². The number of nitrogens with zero attached hydrogens (tertiary/aromatic N) is 1. The molecule has 0 radical (unpaired) electrons. The second-order valence-electron chi connectivity index (χ2n) is 5.96. The molecule has 0 spiro atoms. The van der Waals surface area contributed by atoms with Crippen LogP contribution in [0.25, 0.3) is 0 Å². The predicted octanol–water partition coefficient (Wildman–Crippen LogP) is 3.23. The van der Waals surface area contributed by atoms with Crippen molar-refractivity contribution in [3.8, 4) is 0 Å². The van der Waals surface area contributed by atoms with E-state index in [4.69, 9.17) is 0 Å². The van der Waals surface area contributed by atoms with Gasteiger partial charge in [-0.2, -0.15) is 0 Å². The maximum absolute atomic E-state index is 11.1. The number of hydrogen-bond donors (Lipinski definition) is 1. The Hall–Kier alpha value is -2.13. The molecule has 0 amide bonds. The third-order valence-corrected chi connectivity index (χ3v) is 4.47. The Morgan fingerprint density at radius 2 is 1.59 bits per heavy atom. The van der Waals surface area contributed by atoms with Gasteiger partial charge in [0.1, 0.15) is 0 Å². The molecule has 3 rings (SSSR count). The zero-order valence-corrected chi connectivity index (χ0v) is 12.6. The number of carbonyl (C=O) groups is 1. The van der Waals surface area contributed by atoms with Crippen LogP contribution in [0.2, 0.25) is 0 Å². The van der Waals surface area contributed by atoms with Gasteiger partial charge in [0.2, 0.25) is 0 Å². The van der Waals surface area contributed by atoms with Crippen molar-refractivity contribution in [2.75, 3.05) is 19.6 Å². The van der Waals surface area contributed by atoms with E-state index in [1.807, 2.05) is 12.1 Å². The molecule has 22 heavy (non-hydrogen) atoms. The molecule has 1 aliphatic rings. The molecule has 3 heteroatoms. The van der Waals surface area contributed by atoms with Crippen molar-refractivity contribution >= 4 is 5.97 Å². The maximum Gasteiger partial charge on any atom is 0.307 e. The summed E-state index contributed by atoms with van der Waals surface area (Å²) in [4.78, 5) is 13.4. The minimum atomic E-state index is -0.668. The molecular weight excluding hydrogens is 274 g/mol. The molecule has 1 saturated heterocycles. The lowest BCUT2D eigenvalue weighted by Crippen LogP contribution is -2.28. The molecule has 1 aliphatic heterocycles. The Bertz CT molecular complexity index is 572. The number of benzene rings is 2. The SMILES string of the molecule is O=C(O)C1CCN(CC(c2ccccc2)c2ccccc2)C1. The summed E-state index contributed by atoms with van der Waals surface area (Å²) in [6.07, 6.45) is 0.756. The van der Waals surface area contributed by atoms with Crippen LogP contribution in [-0.2, 0) is 4.79 Å². The minimum absolute atomic E-state index is 0.216. The summed E-state index contributed by atoms with van der Waals surface area (Å²) in [6, 6.07) is 20.9. The van der Waals surface area contributed by atoms with Crippen molar-refractivity contribution in [2.45, 2.75) is 12.3 Å². The zero-order valence-electron chi connectivity index (χ0n) is 12.6. The van der Waals surface area contributed by atoms with Gasteiger partial charge in [0.05, 0.1) is 5.92 Å². The number of carboxylic acid groups (broad SMARTS) is 1. The van der Waals surface area contributed by atoms with Gasteiger partial charge in [-0.3, -0.25) is 4.79 Å². The molecule has 2 aromatic carbocycles. The van der Waals surface area contributed by atoms with Gasteiger partial charge in [0.15, 0.2) is 0 Å². The fourth-order valence-corrected chi connectivity index (χ4v) is 3.23. The van der Waals surface area contributed by atoms with Crippen LogP contribution in [0.3, 0.4) is 0 Å². The second kappa shape index (κ2) is 6.75. The van der Waals surface area contributed by atoms with Crippen LogP contribution in [-0.4, -0.2) is 35.6 Å². The summed E-state index contributed by atoms with van der Waals surface area (Å²) in [5, 5.41) is 9.17. The van der Waals surface area contributed by atoms with Crippen LogP contribution in [0.5, 0.6) is 0 Å². The number of aliphatic carboxylic acids is 1. The Morgan fingerprint density at radius 3 is 2.05 bits per heavy atom. The summed E-state index contributed by atoms with van der Waals surface area (Å²) in [6.45, 7) is 2.40. The molecule has 1 heterocycles. The largest absolute Gasteiger partial charge is 0.481 e. The van der Waals surface area contributed by atoms with Gasteiger partial charge in [-0.05, 0) is 24.1 Å². The van der Waals surface area contributed by atoms with Gasteiger partial charge in [0, 0.05) is 19.0 Å². The van der Waals surface area contributed by atoms with E-state index in [0.717, 1.165) is 19.5 Å². The summed E-state index contributed by atoms with van der Waals surface area (Å²) >= 11 is 0.